The van der Waals surface area contributed by atoms with E-state index in [-0.39, 0.29) is 23.7 Å². The number of ether oxygens (including phenoxy) is 4. The summed E-state index contributed by atoms with van der Waals surface area (Å²) in [7, 11) is 1.49. The maximum Gasteiger partial charge on any atom is 0.338 e. The fourth-order valence-electron chi connectivity index (χ4n) is 3.15. The Kier molecular flexibility index (Phi) is 8.78. The van der Waals surface area contributed by atoms with Crippen LogP contribution in [0.15, 0.2) is 91.5 Å². The van der Waals surface area contributed by atoms with Crippen LogP contribution >= 0.6 is 0 Å². The average Bonchev–Trinajstić information content (AvgIpc) is 2.88. The van der Waals surface area contributed by atoms with Crippen LogP contribution in [0.1, 0.15) is 18.9 Å². The van der Waals surface area contributed by atoms with Gasteiger partial charge in [0.1, 0.15) is 11.5 Å². The zero-order valence-electron chi connectivity index (χ0n) is 20.1. The molecule has 36 heavy (non-hydrogen) atoms. The molecule has 0 saturated carbocycles. The molecule has 0 bridgehead atoms. The molecule has 0 radical (unpaired) electrons. The van der Waals surface area contributed by atoms with Crippen LogP contribution in [0, 0.1) is 0 Å². The summed E-state index contributed by atoms with van der Waals surface area (Å²) in [5.41, 5.74) is 2.81. The zero-order chi connectivity index (χ0) is 26.1. The summed E-state index contributed by atoms with van der Waals surface area (Å²) in [6, 6.07) is 19.1. The maximum absolute atomic E-state index is 12.3. The van der Waals surface area contributed by atoms with Crippen LogP contribution in [0.4, 0.5) is 0 Å². The molecule has 0 aliphatic heterocycles. The van der Waals surface area contributed by atoms with Crippen molar-refractivity contribution in [2.75, 3.05) is 7.11 Å². The summed E-state index contributed by atoms with van der Waals surface area (Å²) in [6.07, 6.45) is 1.75. The van der Waals surface area contributed by atoms with Crippen LogP contribution in [0.25, 0.3) is 11.1 Å². The molecular weight excluding hydrogens is 460 g/mol. The average molecular weight is 487 g/mol. The zero-order valence-corrected chi connectivity index (χ0v) is 20.1. The van der Waals surface area contributed by atoms with Gasteiger partial charge in [0.25, 0.3) is 0 Å². The van der Waals surface area contributed by atoms with Gasteiger partial charge in [-0.15, -0.1) is 0 Å². The van der Waals surface area contributed by atoms with Gasteiger partial charge in [-0.2, -0.15) is 0 Å². The molecule has 0 heterocycles. The summed E-state index contributed by atoms with van der Waals surface area (Å²) in [6.45, 7) is 8.51. The molecule has 0 saturated heterocycles. The lowest BCUT2D eigenvalue weighted by atomic mass is 10.0. The molecule has 0 amide bonds. The van der Waals surface area contributed by atoms with Crippen LogP contribution in [0.2, 0.25) is 0 Å². The largest absolute Gasteiger partial charge is 0.493 e. The quantitative estimate of drug-likeness (QED) is 0.213. The van der Waals surface area contributed by atoms with Crippen molar-refractivity contribution < 1.29 is 33.3 Å². The van der Waals surface area contributed by atoms with Crippen LogP contribution in [0.3, 0.4) is 0 Å². The molecule has 0 fully saturated rings. The number of benzene rings is 3. The number of methoxy groups -OCH3 is 1. The lowest BCUT2D eigenvalue weighted by Gasteiger charge is -2.12. The normalized spacial score (nSPS) is 10.2. The SMILES string of the molecule is C=CC(=O)Oc1ccc(CCC(=O)Oc2ccc(-c3ccc(OC)c(OC(=O)C(=C)C)c3)cc2)cc1. The van der Waals surface area contributed by atoms with Gasteiger partial charge >= 0.3 is 17.9 Å². The van der Waals surface area contributed by atoms with Gasteiger partial charge in [-0.05, 0) is 66.4 Å². The minimum atomic E-state index is -0.542. The van der Waals surface area contributed by atoms with E-state index in [1.165, 1.54) is 7.11 Å². The van der Waals surface area contributed by atoms with E-state index in [0.29, 0.717) is 23.7 Å². The van der Waals surface area contributed by atoms with E-state index in [2.05, 4.69) is 13.2 Å². The van der Waals surface area contributed by atoms with E-state index in [9.17, 15) is 14.4 Å². The second-order valence-electron chi connectivity index (χ2n) is 7.80. The highest BCUT2D eigenvalue weighted by atomic mass is 16.6. The highest BCUT2D eigenvalue weighted by molar-refractivity contribution is 5.89. The molecular formula is C29H26O7. The highest BCUT2D eigenvalue weighted by Crippen LogP contribution is 2.33. The van der Waals surface area contributed by atoms with Crippen LogP contribution in [-0.4, -0.2) is 25.0 Å². The Balaban J connectivity index is 1.59. The Bertz CT molecular complexity index is 1270. The second-order valence-corrected chi connectivity index (χ2v) is 7.80. The minimum Gasteiger partial charge on any atom is -0.493 e. The number of aryl methyl sites for hydroxylation is 1. The van der Waals surface area contributed by atoms with E-state index in [1.54, 1.807) is 67.6 Å². The standard InChI is InChI=1S/C29H26O7/c1-5-27(30)34-23-12-6-20(7-13-23)8-17-28(31)35-24-14-9-21(10-15-24)22-11-16-25(33-4)26(18-22)36-29(32)19(2)3/h5-7,9-16,18H,1-2,8,17H2,3-4H3. The summed E-state index contributed by atoms with van der Waals surface area (Å²) in [5, 5.41) is 0. The topological polar surface area (TPSA) is 88.1 Å². The third-order valence-electron chi connectivity index (χ3n) is 5.06. The van der Waals surface area contributed by atoms with E-state index in [1.807, 2.05) is 6.07 Å². The number of hydrogen-bond donors (Lipinski definition) is 0. The molecule has 0 spiro atoms. The van der Waals surface area contributed by atoms with Crippen LogP contribution < -0.4 is 18.9 Å². The fourth-order valence-corrected chi connectivity index (χ4v) is 3.15. The summed E-state index contributed by atoms with van der Waals surface area (Å²) in [5.74, 6) is 0.0815. The molecule has 0 N–H and O–H groups in total. The Morgan fingerprint density at radius 2 is 1.42 bits per heavy atom. The summed E-state index contributed by atoms with van der Waals surface area (Å²) >= 11 is 0. The number of hydrogen-bond acceptors (Lipinski definition) is 7. The van der Waals surface area contributed by atoms with E-state index < -0.39 is 11.9 Å². The van der Waals surface area contributed by atoms with E-state index >= 15 is 0 Å². The van der Waals surface area contributed by atoms with Crippen molar-refractivity contribution in [2.45, 2.75) is 19.8 Å². The Hall–Kier alpha value is -4.65. The lowest BCUT2D eigenvalue weighted by Crippen LogP contribution is -2.09. The molecule has 184 valence electrons. The van der Waals surface area contributed by atoms with Gasteiger partial charge < -0.3 is 18.9 Å². The fraction of sp³-hybridized carbons (Fsp3) is 0.138. The van der Waals surface area contributed by atoms with Gasteiger partial charge in [0, 0.05) is 18.1 Å². The Morgan fingerprint density at radius 3 is 2.03 bits per heavy atom. The molecule has 0 aromatic heterocycles. The molecule has 0 atom stereocenters. The molecule has 0 unspecified atom stereocenters. The summed E-state index contributed by atoms with van der Waals surface area (Å²) < 4.78 is 21.1. The van der Waals surface area contributed by atoms with Crippen LogP contribution in [-0.2, 0) is 20.8 Å². The second kappa shape index (κ2) is 12.2. The molecule has 7 nitrogen and oxygen atoms in total. The van der Waals surface area contributed by atoms with Crippen molar-refractivity contribution in [1.82, 2.24) is 0 Å². The van der Waals surface area contributed by atoms with Gasteiger partial charge in [0.2, 0.25) is 0 Å². The number of carbonyl (C=O) groups is 3. The first-order valence-electron chi connectivity index (χ1n) is 11.1. The molecule has 0 aliphatic rings. The van der Waals surface area contributed by atoms with Gasteiger partial charge in [0.15, 0.2) is 11.5 Å². The molecule has 3 aromatic carbocycles. The number of esters is 3. The van der Waals surface area contributed by atoms with Gasteiger partial charge in [-0.1, -0.05) is 43.5 Å². The maximum atomic E-state index is 12.3. The lowest BCUT2D eigenvalue weighted by molar-refractivity contribution is -0.134. The predicted molar refractivity (Wildman–Crippen MR) is 135 cm³/mol. The number of rotatable bonds is 10. The molecule has 3 aromatic rings. The minimum absolute atomic E-state index is 0.184. The molecule has 0 aliphatic carbocycles. The monoisotopic (exact) mass is 486 g/mol. The van der Waals surface area contributed by atoms with E-state index in [0.717, 1.165) is 22.8 Å². The van der Waals surface area contributed by atoms with Crippen molar-refractivity contribution >= 4 is 17.9 Å². The third-order valence-corrected chi connectivity index (χ3v) is 5.06. The van der Waals surface area contributed by atoms with Crippen molar-refractivity contribution in [3.63, 3.8) is 0 Å². The Labute approximate surface area is 209 Å². The third kappa shape index (κ3) is 7.17. The molecule has 3 rings (SSSR count). The first-order chi connectivity index (χ1) is 17.3. The Morgan fingerprint density at radius 1 is 0.806 bits per heavy atom. The van der Waals surface area contributed by atoms with Crippen molar-refractivity contribution in [3.05, 3.63) is 97.1 Å². The summed E-state index contributed by atoms with van der Waals surface area (Å²) in [4.78, 5) is 35.5. The smallest absolute Gasteiger partial charge is 0.338 e. The first kappa shape index (κ1) is 26.0. The van der Waals surface area contributed by atoms with Gasteiger partial charge in [-0.3, -0.25) is 4.79 Å². The molecule has 7 heteroatoms. The van der Waals surface area contributed by atoms with Gasteiger partial charge in [0.05, 0.1) is 7.11 Å². The van der Waals surface area contributed by atoms with Crippen molar-refractivity contribution in [2.24, 2.45) is 0 Å². The van der Waals surface area contributed by atoms with E-state index in [4.69, 9.17) is 18.9 Å². The number of carbonyl (C=O) groups excluding carboxylic acids is 3. The van der Waals surface area contributed by atoms with Crippen molar-refractivity contribution in [1.29, 1.82) is 0 Å². The van der Waals surface area contributed by atoms with Gasteiger partial charge in [-0.25, -0.2) is 9.59 Å². The van der Waals surface area contributed by atoms with Crippen molar-refractivity contribution in [3.8, 4) is 34.1 Å². The predicted octanol–water partition coefficient (Wildman–Crippen LogP) is 5.47. The highest BCUT2D eigenvalue weighted by Gasteiger charge is 2.13. The first-order valence-corrected chi connectivity index (χ1v) is 11.1. The van der Waals surface area contributed by atoms with Crippen LogP contribution in [0.5, 0.6) is 23.0 Å².